The van der Waals surface area contributed by atoms with Gasteiger partial charge in [0, 0.05) is 102 Å². The number of carboxylic acids is 2. The average Bonchev–Trinajstić information content (AvgIpc) is 1.67. The Balaban J connectivity index is -0.000000100. The molecule has 0 aliphatic carbocycles. The quantitative estimate of drug-likeness (QED) is 0.101. The summed E-state index contributed by atoms with van der Waals surface area (Å²) in [6.07, 6.45) is 2.81. The number of aliphatic hydroxyl groups is 2. The number of aliphatic hydroxyl groups excluding tert-OH is 2. The number of aliphatic imine (C=N–C) groups is 2. The van der Waals surface area contributed by atoms with E-state index in [1.165, 1.54) is 26.6 Å². The third-order valence-electron chi connectivity index (χ3n) is 9.40. The second-order valence-electron chi connectivity index (χ2n) is 16.8. The van der Waals surface area contributed by atoms with Gasteiger partial charge in [-0.1, -0.05) is 114 Å². The first-order valence-corrected chi connectivity index (χ1v) is 24.0. The van der Waals surface area contributed by atoms with Gasteiger partial charge in [0.25, 0.3) is 11.1 Å². The number of hydrogen-bond donors (Lipinski definition) is 2. The van der Waals surface area contributed by atoms with Gasteiger partial charge >= 0.3 is 93.1 Å². The van der Waals surface area contributed by atoms with Crippen molar-refractivity contribution >= 4 is 35.7 Å². The van der Waals surface area contributed by atoms with Crippen molar-refractivity contribution in [2.24, 2.45) is 34.9 Å². The van der Waals surface area contributed by atoms with Crippen LogP contribution in [0.5, 0.6) is 23.0 Å². The molecule has 0 fully saturated rings. The van der Waals surface area contributed by atoms with Gasteiger partial charge in [0.05, 0.1) is 52.2 Å². The number of rotatable bonds is 8. The van der Waals surface area contributed by atoms with Crippen LogP contribution in [0, 0.1) is 185 Å². The first-order valence-electron chi connectivity index (χ1n) is 24.0. The second kappa shape index (κ2) is 63.8. The summed E-state index contributed by atoms with van der Waals surface area (Å²) in [6.45, 7) is 13.2. The van der Waals surface area contributed by atoms with Gasteiger partial charge in [-0.15, -0.1) is 0 Å². The van der Waals surface area contributed by atoms with Crippen LogP contribution >= 0.6 is 0 Å². The van der Waals surface area contributed by atoms with E-state index < -0.39 is 38.0 Å². The van der Waals surface area contributed by atoms with E-state index in [0.29, 0.717) is 33.9 Å². The van der Waals surface area contributed by atoms with Crippen LogP contribution < -0.4 is 61.4 Å². The van der Waals surface area contributed by atoms with Gasteiger partial charge in [-0.05, 0) is 61.4 Å². The topological polar surface area (TPSA) is 555 Å². The Morgan fingerprint density at radius 1 is 0.489 bits per heavy atom. The Morgan fingerprint density at radius 2 is 0.696 bits per heavy atom. The number of hydrogen-bond acceptors (Lipinski definition) is 27. The molecule has 0 unspecified atom stereocenters. The van der Waals surface area contributed by atoms with Crippen molar-refractivity contribution in [3.05, 3.63) is 186 Å². The van der Waals surface area contributed by atoms with Crippen molar-refractivity contribution in [1.82, 2.24) is 18.7 Å². The van der Waals surface area contributed by atoms with Crippen LogP contribution in [0.1, 0.15) is 64.1 Å². The Morgan fingerprint density at radius 3 is 0.880 bits per heavy atom. The number of aliphatic carboxylic acids is 2. The van der Waals surface area contributed by atoms with Gasteiger partial charge in [-0.2, -0.15) is 28.4 Å². The zero-order chi connectivity index (χ0) is 70.8. The van der Waals surface area contributed by atoms with E-state index in [1.807, 2.05) is 74.5 Å². The molecule has 6 aromatic rings. The predicted octanol–water partition coefficient (Wildman–Crippen LogP) is -1.40. The number of carbonyl (C=O) groups excluding carboxylic acids is 2. The molecule has 4 aromatic carbocycles. The summed E-state index contributed by atoms with van der Waals surface area (Å²) in [6, 6.07) is 28.6. The summed E-state index contributed by atoms with van der Waals surface area (Å²) in [5.41, 5.74) is 2.40. The molecule has 2 N–H and O–H groups in total. The third-order valence-corrected chi connectivity index (χ3v) is 9.40. The summed E-state index contributed by atoms with van der Waals surface area (Å²) >= 11 is 0. The monoisotopic (exact) mass is 1800 g/mol. The minimum atomic E-state index is -1.75. The molecular formula is C54H74CoDy3N9O25-2. The Hall–Kier alpha value is -5.94. The maximum absolute atomic E-state index is 12.8. The molecule has 0 spiro atoms. The van der Waals surface area contributed by atoms with E-state index in [1.54, 1.807) is 111 Å². The van der Waals surface area contributed by atoms with Crippen LogP contribution in [-0.4, -0.2) is 125 Å². The summed E-state index contributed by atoms with van der Waals surface area (Å²) in [4.78, 5) is 78.7. The number of carboxylic acid groups (broad SMARTS) is 2. The third kappa shape index (κ3) is 46.2. The van der Waals surface area contributed by atoms with Crippen LogP contribution in [0.25, 0.3) is 11.4 Å². The molecule has 6 rings (SSSR count). The molecule has 0 saturated heterocycles. The minimum Gasteiger partial charge on any atom is -0.870 e. The summed E-state index contributed by atoms with van der Waals surface area (Å²) in [5, 5.41) is 135. The van der Waals surface area contributed by atoms with Crippen molar-refractivity contribution in [3.8, 4) is 34.4 Å². The van der Waals surface area contributed by atoms with Crippen molar-refractivity contribution in [1.29, 1.82) is 0 Å². The fraction of sp³-hybridized carbons (Fsp3) is 0.370. The second-order valence-corrected chi connectivity index (χ2v) is 16.8. The van der Waals surface area contributed by atoms with E-state index in [2.05, 4.69) is 9.98 Å². The summed E-state index contributed by atoms with van der Waals surface area (Å²) in [7, 11) is 11.5. The van der Waals surface area contributed by atoms with Crippen LogP contribution in [0.4, 0.5) is 11.4 Å². The fourth-order valence-electron chi connectivity index (χ4n) is 5.26. The Kier molecular flexibility index (Phi) is 76.7. The number of carbonyl (C=O) groups is 2. The molecular weight excluding hydrogens is 1720 g/mol. The molecule has 2 aromatic heterocycles. The number of nitrogens with zero attached hydrogens (tertiary/aromatic N) is 9. The SMILES string of the molecule is CC(C)(C)C(=O)[O-].CC(C)(C)C(=O)[O-].CO.CO.COc1cccc(C=Nc2c(C)n(C)n(-c3ccccc3)c2=O)c1[O-].COc1cccc(C=Nc2c(C)n(C)n(-c3ccccc3)c2=O)c1[O-].C[O-].C[O-].C[O-].C[O-].O=[N+]([O-])[O-].O=[N+]([O-])[O-].O=[N+]([O-])[O-].[Co+3].[Dy+3].[Dy+3].[Dy]. The zero-order valence-electron chi connectivity index (χ0n) is 53.0. The van der Waals surface area contributed by atoms with Crippen molar-refractivity contribution in [3.63, 3.8) is 0 Å². The first-order chi connectivity index (χ1) is 41.2. The zero-order valence-corrected chi connectivity index (χ0v) is 60.1. The number of ether oxygens (including phenoxy) is 2. The number of benzene rings is 4. The van der Waals surface area contributed by atoms with E-state index in [0.717, 1.165) is 54.0 Å². The summed E-state index contributed by atoms with van der Waals surface area (Å²) < 4.78 is 16.6. The van der Waals surface area contributed by atoms with Gasteiger partial charge in [-0.3, -0.25) is 19.0 Å². The average molecular weight is 1800 g/mol. The molecule has 0 aliphatic heterocycles. The van der Waals surface area contributed by atoms with Gasteiger partial charge in [-0.25, -0.2) is 19.3 Å². The molecule has 2 heterocycles. The minimum absolute atomic E-state index is 0. The standard InChI is InChI=1S/2C19H19N3O3.2C5H10O2.2CH4O.4CH3O.Co.3Dy.3NO3/c2*1-13-17(20-12-14-8-7-11-16(25-3)18(14)23)19(24)22(21(13)2)15-9-5-4-6-10-15;2*1-5(2,3)4(6)7;6*1-2;;;;;3*2-1(3)4/h2*4-12,23H,1-3H3;2*1-3H3,(H,6,7);2*2H,1H3;4*1H3;;;;;;;/q;;;;;;4*-1;+3;;2*+3;3*-1/p-4. The molecule has 2 radical (unpaired) electrons. The Bertz CT molecular complexity index is 2870. The maximum atomic E-state index is 12.8. The van der Waals surface area contributed by atoms with Crippen LogP contribution in [0.3, 0.4) is 0 Å². The van der Waals surface area contributed by atoms with E-state index >= 15 is 0 Å². The van der Waals surface area contributed by atoms with E-state index in [4.69, 9.17) is 86.1 Å². The van der Waals surface area contributed by atoms with E-state index in [9.17, 15) is 39.6 Å². The molecule has 0 saturated carbocycles. The molecule has 92 heavy (non-hydrogen) atoms. The number of para-hydroxylation sites is 4. The van der Waals surface area contributed by atoms with Crippen molar-refractivity contribution in [2.45, 2.75) is 55.4 Å². The Labute approximate surface area is 632 Å². The van der Waals surface area contributed by atoms with Crippen LogP contribution in [0.2, 0.25) is 0 Å². The van der Waals surface area contributed by atoms with Gasteiger partial charge < -0.3 is 116 Å². The molecule has 0 bridgehead atoms. The van der Waals surface area contributed by atoms with Crippen molar-refractivity contribution in [2.75, 3.05) is 56.9 Å². The first kappa shape index (κ1) is 111. The van der Waals surface area contributed by atoms with Crippen LogP contribution in [0.15, 0.2) is 117 Å². The predicted molar refractivity (Wildman–Crippen MR) is 311 cm³/mol. The summed E-state index contributed by atoms with van der Waals surface area (Å²) in [5.74, 6) is -2.04. The van der Waals surface area contributed by atoms with Gasteiger partial charge in [0.1, 0.15) is 11.5 Å². The molecule has 0 amide bonds. The number of methoxy groups -OCH3 is 2. The molecule has 0 atom stereocenters. The van der Waals surface area contributed by atoms with Gasteiger partial charge in [0.2, 0.25) is 0 Å². The van der Waals surface area contributed by atoms with Crippen molar-refractivity contribution < 1.29 is 217 Å². The van der Waals surface area contributed by atoms with Gasteiger partial charge in [0.15, 0.2) is 11.4 Å². The normalized spacial score (nSPS) is 8.96. The smallest absolute Gasteiger partial charge is 0.870 e. The molecule has 34 nitrogen and oxygen atoms in total. The molecule has 0 aliphatic rings. The van der Waals surface area contributed by atoms with Crippen LogP contribution in [-0.2, 0) is 40.5 Å². The maximum Gasteiger partial charge on any atom is 3.00 e. The number of aromatic nitrogens is 4. The largest absolute Gasteiger partial charge is 3.00 e. The van der Waals surface area contributed by atoms with E-state index in [-0.39, 0.29) is 165 Å². The molecule has 38 heteroatoms. The fourth-order valence-corrected chi connectivity index (χ4v) is 5.26. The molecule has 526 valence electrons.